The summed E-state index contributed by atoms with van der Waals surface area (Å²) in [6, 6.07) is 1.78. The molecular formula is C15H21N5O3. The fourth-order valence-electron chi connectivity index (χ4n) is 3.20. The van der Waals surface area contributed by atoms with Crippen LogP contribution < -0.4 is 5.73 Å². The molecule has 8 heteroatoms. The zero-order valence-electron chi connectivity index (χ0n) is 12.9. The Kier molecular flexibility index (Phi) is 4.31. The Bertz CT molecular complexity index is 592. The van der Waals surface area contributed by atoms with Crippen molar-refractivity contribution >= 4 is 17.7 Å². The highest BCUT2D eigenvalue weighted by atomic mass is 16.2. The van der Waals surface area contributed by atoms with Crippen LogP contribution in [0.3, 0.4) is 0 Å². The molecule has 2 unspecified atom stereocenters. The molecule has 23 heavy (non-hydrogen) atoms. The van der Waals surface area contributed by atoms with Crippen molar-refractivity contribution in [1.82, 2.24) is 20.0 Å². The highest BCUT2D eigenvalue weighted by molar-refractivity contribution is 5.88. The molecule has 3 rings (SSSR count). The van der Waals surface area contributed by atoms with Gasteiger partial charge >= 0.3 is 0 Å². The van der Waals surface area contributed by atoms with Crippen LogP contribution in [0.1, 0.15) is 18.5 Å². The Balaban J connectivity index is 1.49. The number of nitrogens with zero attached hydrogens (tertiary/aromatic N) is 3. The van der Waals surface area contributed by atoms with E-state index in [1.54, 1.807) is 22.1 Å². The monoisotopic (exact) mass is 319 g/mol. The standard InChI is InChI=1S/C15H21N5O3/c16-14(22)11-1-2-12(11)15(23)20-7-5-19(6-8-20)13(21)9-10-3-4-17-18-10/h3-4,11-12H,1-2,5-9H2,(H2,16,22)(H,17,18). The first-order valence-electron chi connectivity index (χ1n) is 7.90. The van der Waals surface area contributed by atoms with E-state index < -0.39 is 0 Å². The van der Waals surface area contributed by atoms with Gasteiger partial charge in [0, 0.05) is 49.9 Å². The van der Waals surface area contributed by atoms with Gasteiger partial charge in [0.2, 0.25) is 17.7 Å². The quantitative estimate of drug-likeness (QED) is 0.751. The highest BCUT2D eigenvalue weighted by Gasteiger charge is 2.42. The molecule has 0 spiro atoms. The number of amides is 3. The molecule has 2 atom stereocenters. The highest BCUT2D eigenvalue weighted by Crippen LogP contribution is 2.35. The van der Waals surface area contributed by atoms with Crippen LogP contribution in [0.4, 0.5) is 0 Å². The van der Waals surface area contributed by atoms with Crippen molar-refractivity contribution in [3.8, 4) is 0 Å². The molecule has 8 nitrogen and oxygen atoms in total. The van der Waals surface area contributed by atoms with Crippen molar-refractivity contribution in [3.05, 3.63) is 18.0 Å². The molecule has 2 aliphatic rings. The van der Waals surface area contributed by atoms with E-state index in [-0.39, 0.29) is 29.6 Å². The van der Waals surface area contributed by atoms with Gasteiger partial charge in [-0.2, -0.15) is 5.10 Å². The van der Waals surface area contributed by atoms with Crippen LogP contribution in [0, 0.1) is 11.8 Å². The summed E-state index contributed by atoms with van der Waals surface area (Å²) in [5.41, 5.74) is 6.10. The van der Waals surface area contributed by atoms with Crippen molar-refractivity contribution in [2.45, 2.75) is 19.3 Å². The zero-order valence-corrected chi connectivity index (χ0v) is 12.9. The maximum absolute atomic E-state index is 12.4. The van der Waals surface area contributed by atoms with Crippen molar-refractivity contribution < 1.29 is 14.4 Å². The lowest BCUT2D eigenvalue weighted by molar-refractivity contribution is -0.149. The van der Waals surface area contributed by atoms with Gasteiger partial charge < -0.3 is 15.5 Å². The van der Waals surface area contributed by atoms with Crippen LogP contribution in [-0.4, -0.2) is 63.9 Å². The van der Waals surface area contributed by atoms with E-state index in [0.29, 0.717) is 39.0 Å². The number of nitrogens with one attached hydrogen (secondary N) is 1. The summed E-state index contributed by atoms with van der Waals surface area (Å²) in [6.07, 6.45) is 3.34. The van der Waals surface area contributed by atoms with Gasteiger partial charge in [-0.05, 0) is 18.9 Å². The number of primary amides is 1. The summed E-state index contributed by atoms with van der Waals surface area (Å²) < 4.78 is 0. The van der Waals surface area contributed by atoms with E-state index >= 15 is 0 Å². The molecule has 0 radical (unpaired) electrons. The fraction of sp³-hybridized carbons (Fsp3) is 0.600. The number of aromatic amines is 1. The second-order valence-corrected chi connectivity index (χ2v) is 6.16. The van der Waals surface area contributed by atoms with Gasteiger partial charge in [0.25, 0.3) is 0 Å². The van der Waals surface area contributed by atoms with Gasteiger partial charge in [-0.15, -0.1) is 0 Å². The van der Waals surface area contributed by atoms with E-state index in [9.17, 15) is 14.4 Å². The third-order valence-corrected chi connectivity index (χ3v) is 4.80. The smallest absolute Gasteiger partial charge is 0.228 e. The Hall–Kier alpha value is -2.38. The molecule has 124 valence electrons. The number of nitrogens with two attached hydrogens (primary N) is 1. The number of hydrogen-bond acceptors (Lipinski definition) is 4. The van der Waals surface area contributed by atoms with Crippen LogP contribution in [-0.2, 0) is 20.8 Å². The Morgan fingerprint density at radius 2 is 1.78 bits per heavy atom. The predicted octanol–water partition coefficient (Wildman–Crippen LogP) is -0.865. The number of carbonyl (C=O) groups is 3. The third kappa shape index (κ3) is 3.20. The van der Waals surface area contributed by atoms with E-state index in [4.69, 9.17) is 5.73 Å². The van der Waals surface area contributed by atoms with Gasteiger partial charge in [0.15, 0.2) is 0 Å². The van der Waals surface area contributed by atoms with Crippen molar-refractivity contribution in [3.63, 3.8) is 0 Å². The summed E-state index contributed by atoms with van der Waals surface area (Å²) in [5, 5.41) is 6.60. The predicted molar refractivity (Wildman–Crippen MR) is 80.9 cm³/mol. The number of aromatic nitrogens is 2. The Morgan fingerprint density at radius 1 is 1.13 bits per heavy atom. The van der Waals surface area contributed by atoms with E-state index in [1.807, 2.05) is 0 Å². The lowest BCUT2D eigenvalue weighted by Crippen LogP contribution is -2.55. The van der Waals surface area contributed by atoms with Gasteiger partial charge in [0.1, 0.15) is 0 Å². The lowest BCUT2D eigenvalue weighted by Gasteiger charge is -2.40. The number of H-pyrrole nitrogens is 1. The second kappa shape index (κ2) is 6.39. The molecule has 1 aliphatic carbocycles. The molecule has 1 aromatic heterocycles. The number of rotatable bonds is 4. The second-order valence-electron chi connectivity index (χ2n) is 6.16. The molecule has 1 aromatic rings. The van der Waals surface area contributed by atoms with Crippen molar-refractivity contribution in [2.24, 2.45) is 17.6 Å². The molecule has 2 fully saturated rings. The molecule has 3 amide bonds. The molecule has 3 N–H and O–H groups in total. The molecular weight excluding hydrogens is 298 g/mol. The molecule has 0 bridgehead atoms. The minimum absolute atomic E-state index is 0.000664. The van der Waals surface area contributed by atoms with Gasteiger partial charge in [0.05, 0.1) is 6.42 Å². The van der Waals surface area contributed by atoms with Crippen molar-refractivity contribution in [1.29, 1.82) is 0 Å². The van der Waals surface area contributed by atoms with Crippen LogP contribution >= 0.6 is 0 Å². The van der Waals surface area contributed by atoms with Crippen LogP contribution in [0.25, 0.3) is 0 Å². The first-order valence-corrected chi connectivity index (χ1v) is 7.90. The van der Waals surface area contributed by atoms with Crippen LogP contribution in [0.2, 0.25) is 0 Å². The van der Waals surface area contributed by atoms with Crippen molar-refractivity contribution in [2.75, 3.05) is 26.2 Å². The molecule has 1 saturated heterocycles. The van der Waals surface area contributed by atoms with Gasteiger partial charge in [-0.3, -0.25) is 19.5 Å². The average Bonchev–Trinajstić information content (AvgIpc) is 2.98. The minimum Gasteiger partial charge on any atom is -0.369 e. The Morgan fingerprint density at radius 3 is 2.30 bits per heavy atom. The summed E-state index contributed by atoms with van der Waals surface area (Å²) in [6.45, 7) is 2.06. The normalized spacial score (nSPS) is 24.2. The number of hydrogen-bond donors (Lipinski definition) is 2. The van der Waals surface area contributed by atoms with Gasteiger partial charge in [-0.25, -0.2) is 0 Å². The van der Waals surface area contributed by atoms with Crippen LogP contribution in [0.15, 0.2) is 12.3 Å². The fourth-order valence-corrected chi connectivity index (χ4v) is 3.20. The number of piperazine rings is 1. The summed E-state index contributed by atoms with van der Waals surface area (Å²) in [7, 11) is 0. The maximum Gasteiger partial charge on any atom is 0.228 e. The third-order valence-electron chi connectivity index (χ3n) is 4.80. The number of carbonyl (C=O) groups excluding carboxylic acids is 3. The summed E-state index contributed by atoms with van der Waals surface area (Å²) >= 11 is 0. The van der Waals surface area contributed by atoms with E-state index in [1.165, 1.54) is 0 Å². The first-order chi connectivity index (χ1) is 11.1. The summed E-state index contributed by atoms with van der Waals surface area (Å²) in [4.78, 5) is 39.4. The van der Waals surface area contributed by atoms with Gasteiger partial charge in [-0.1, -0.05) is 0 Å². The summed E-state index contributed by atoms with van der Waals surface area (Å²) in [5.74, 6) is -0.939. The average molecular weight is 319 g/mol. The first kappa shape index (κ1) is 15.5. The lowest BCUT2D eigenvalue weighted by atomic mass is 9.72. The van der Waals surface area contributed by atoms with Crippen LogP contribution in [0.5, 0.6) is 0 Å². The molecule has 0 aromatic carbocycles. The van der Waals surface area contributed by atoms with E-state index in [2.05, 4.69) is 10.2 Å². The van der Waals surface area contributed by atoms with E-state index in [0.717, 1.165) is 12.1 Å². The molecule has 1 saturated carbocycles. The topological polar surface area (TPSA) is 112 Å². The minimum atomic E-state index is -0.386. The maximum atomic E-state index is 12.4. The SMILES string of the molecule is NC(=O)C1CCC1C(=O)N1CCN(C(=O)Cc2ccn[nH]2)CC1. The Labute approximate surface area is 134 Å². The largest absolute Gasteiger partial charge is 0.369 e. The molecule has 2 heterocycles. The zero-order chi connectivity index (χ0) is 16.4. The molecule has 1 aliphatic heterocycles.